The van der Waals surface area contributed by atoms with Gasteiger partial charge in [-0.1, -0.05) is 0 Å². The van der Waals surface area contributed by atoms with E-state index in [2.05, 4.69) is 0 Å². The number of hydrogen-bond acceptors (Lipinski definition) is 3. The van der Waals surface area contributed by atoms with Gasteiger partial charge < -0.3 is 35.5 Å². The Kier molecular flexibility index (Phi) is 591. The topological polar surface area (TPSA) is 71.4 Å². The van der Waals surface area contributed by atoms with Gasteiger partial charge in [-0.3, -0.25) is 0 Å². The van der Waals surface area contributed by atoms with Gasteiger partial charge in [0, 0.05) is 20.4 Å². The molecule has 0 unspecified atom stereocenters. The standard InChI is InChI=1S/3CN.Re/c3*1-2;/q3*-1;. The molecule has 0 aromatic heterocycles. The van der Waals surface area contributed by atoms with Crippen molar-refractivity contribution in [1.29, 1.82) is 15.8 Å². The van der Waals surface area contributed by atoms with Crippen LogP contribution in [0.3, 0.4) is 0 Å². The summed E-state index contributed by atoms with van der Waals surface area (Å²) in [5.74, 6) is 0. The average molecular weight is 264 g/mol. The van der Waals surface area contributed by atoms with Crippen LogP contribution in [0.5, 0.6) is 0 Å². The third-order valence-corrected chi connectivity index (χ3v) is 0. The molecule has 0 aliphatic carbocycles. The summed E-state index contributed by atoms with van der Waals surface area (Å²) in [5.41, 5.74) is 0. The Bertz CT molecular complexity index is 38.7. The van der Waals surface area contributed by atoms with Crippen molar-refractivity contribution in [3.8, 4) is 0 Å². The first-order valence-corrected chi connectivity index (χ1v) is 0.671. The van der Waals surface area contributed by atoms with E-state index >= 15 is 0 Å². The van der Waals surface area contributed by atoms with Crippen molar-refractivity contribution in [3.05, 3.63) is 19.7 Å². The van der Waals surface area contributed by atoms with Gasteiger partial charge in [0.2, 0.25) is 0 Å². The van der Waals surface area contributed by atoms with E-state index in [9.17, 15) is 0 Å². The molecule has 4 heteroatoms. The first-order chi connectivity index (χ1) is 3.00. The summed E-state index contributed by atoms with van der Waals surface area (Å²) in [6, 6.07) is 0. The Balaban J connectivity index is -0.00000000900. The molecule has 0 spiro atoms. The van der Waals surface area contributed by atoms with Gasteiger partial charge in [0.15, 0.2) is 0 Å². The molecule has 0 atom stereocenters. The Morgan fingerprint density at radius 1 is 0.571 bits per heavy atom. The molecule has 0 N–H and O–H groups in total. The summed E-state index contributed by atoms with van der Waals surface area (Å²) in [5, 5.41) is 18.8. The largest absolute Gasteiger partial charge is 0.512 e. The molecule has 0 rings (SSSR count). The van der Waals surface area contributed by atoms with Crippen molar-refractivity contribution < 1.29 is 20.4 Å². The van der Waals surface area contributed by atoms with Gasteiger partial charge in [0.1, 0.15) is 0 Å². The van der Waals surface area contributed by atoms with Crippen LogP contribution in [0.15, 0.2) is 0 Å². The first-order valence-electron chi connectivity index (χ1n) is 0.671. The molecule has 3 nitrogen and oxygen atoms in total. The maximum Gasteiger partial charge on any atom is 0 e. The molecule has 1 radical (unpaired) electrons. The summed E-state index contributed by atoms with van der Waals surface area (Å²) in [4.78, 5) is 0. The third kappa shape index (κ3) is 66.9. The number of hydrogen-bond donors (Lipinski definition) is 0. The number of nitrogens with zero attached hydrogens (tertiary/aromatic N) is 3. The molecule has 0 aliphatic heterocycles. The maximum atomic E-state index is 6.25. The minimum absolute atomic E-state index is 0. The second kappa shape index (κ2) is 116. The van der Waals surface area contributed by atoms with Crippen molar-refractivity contribution in [2.24, 2.45) is 0 Å². The van der Waals surface area contributed by atoms with Crippen LogP contribution in [-0.2, 0) is 20.4 Å². The van der Waals surface area contributed by atoms with Crippen LogP contribution in [0.25, 0.3) is 0 Å². The molecule has 0 saturated carbocycles. The zero-order valence-corrected chi connectivity index (χ0v) is 5.94. The second-order valence-corrected chi connectivity index (χ2v) is 0. The summed E-state index contributed by atoms with van der Waals surface area (Å²) >= 11 is 0. The van der Waals surface area contributed by atoms with E-state index in [0.29, 0.717) is 0 Å². The van der Waals surface area contributed by atoms with E-state index in [4.69, 9.17) is 35.5 Å². The predicted molar refractivity (Wildman–Crippen MR) is 14.9 cm³/mol. The molecule has 0 heterocycles. The van der Waals surface area contributed by atoms with Gasteiger partial charge in [0.25, 0.3) is 0 Å². The average Bonchev–Trinajstić information content (AvgIpc) is 1.81. The monoisotopic (exact) mass is 265 g/mol. The summed E-state index contributed by atoms with van der Waals surface area (Å²) in [6.45, 7) is 14.2. The molecule has 7 heavy (non-hydrogen) atoms. The molecule has 0 fully saturated rings. The normalized spacial score (nSPS) is 0.857. The van der Waals surface area contributed by atoms with E-state index in [1.165, 1.54) is 0 Å². The second-order valence-electron chi connectivity index (χ2n) is 0. The van der Waals surface area contributed by atoms with Crippen LogP contribution >= 0.6 is 0 Å². The quantitative estimate of drug-likeness (QED) is 0.590. The van der Waals surface area contributed by atoms with Gasteiger partial charge in [-0.25, -0.2) is 0 Å². The van der Waals surface area contributed by atoms with Crippen molar-refractivity contribution in [1.82, 2.24) is 0 Å². The SMILES string of the molecule is [C-]#N.[C-]#N.[C-]#N.[Re]. The summed E-state index contributed by atoms with van der Waals surface area (Å²) < 4.78 is 0. The van der Waals surface area contributed by atoms with Gasteiger partial charge in [0.05, 0.1) is 0 Å². The molecular weight excluding hydrogens is 264 g/mol. The van der Waals surface area contributed by atoms with Crippen molar-refractivity contribution in [2.75, 3.05) is 0 Å². The minimum Gasteiger partial charge on any atom is -0.512 e. The molecule has 0 aliphatic rings. The van der Waals surface area contributed by atoms with Crippen molar-refractivity contribution in [2.45, 2.75) is 0 Å². The van der Waals surface area contributed by atoms with E-state index in [1.807, 2.05) is 0 Å². The Hall–Kier alpha value is -0.868. The first kappa shape index (κ1) is 35.5. The predicted octanol–water partition coefficient (Wildman–Crippen LogP) is 0.287. The molecule has 0 aromatic rings. The van der Waals surface area contributed by atoms with E-state index < -0.39 is 0 Å². The summed E-state index contributed by atoms with van der Waals surface area (Å²) in [6.07, 6.45) is 0. The van der Waals surface area contributed by atoms with Crippen LogP contribution < -0.4 is 0 Å². The van der Waals surface area contributed by atoms with Gasteiger partial charge in [-0.15, -0.1) is 0 Å². The molecular formula is C3N3Re-3. The van der Waals surface area contributed by atoms with Gasteiger partial charge in [-0.2, -0.15) is 0 Å². The van der Waals surface area contributed by atoms with Gasteiger partial charge in [-0.05, 0) is 0 Å². The molecule has 0 bridgehead atoms. The zero-order chi connectivity index (χ0) is 6.00. The van der Waals surface area contributed by atoms with Crippen LogP contribution in [0.4, 0.5) is 0 Å². The molecule has 0 amide bonds. The maximum absolute atomic E-state index is 6.25. The van der Waals surface area contributed by atoms with Crippen LogP contribution in [0.1, 0.15) is 0 Å². The fourth-order valence-corrected chi connectivity index (χ4v) is 0. The fraction of sp³-hybridized carbons (Fsp3) is 0. The summed E-state index contributed by atoms with van der Waals surface area (Å²) in [7, 11) is 0. The number of rotatable bonds is 0. The Morgan fingerprint density at radius 2 is 0.571 bits per heavy atom. The van der Waals surface area contributed by atoms with Crippen molar-refractivity contribution in [3.63, 3.8) is 0 Å². The van der Waals surface area contributed by atoms with E-state index in [1.54, 1.807) is 0 Å². The molecule has 0 saturated heterocycles. The smallest absolute Gasteiger partial charge is 0 e. The minimum atomic E-state index is 0. The van der Waals surface area contributed by atoms with Crippen LogP contribution in [0.2, 0.25) is 0 Å². The fourth-order valence-electron chi connectivity index (χ4n) is 0. The zero-order valence-electron chi connectivity index (χ0n) is 3.22. The molecule has 0 aromatic carbocycles. The van der Waals surface area contributed by atoms with E-state index in [-0.39, 0.29) is 20.4 Å². The Morgan fingerprint density at radius 3 is 0.571 bits per heavy atom. The van der Waals surface area contributed by atoms with Crippen LogP contribution in [0, 0.1) is 35.5 Å². The van der Waals surface area contributed by atoms with Crippen molar-refractivity contribution >= 4 is 0 Å². The Labute approximate surface area is 56.4 Å². The third-order valence-electron chi connectivity index (χ3n) is 0. The molecule has 37 valence electrons. The van der Waals surface area contributed by atoms with E-state index in [0.717, 1.165) is 0 Å². The van der Waals surface area contributed by atoms with Crippen LogP contribution in [-0.4, -0.2) is 0 Å². The van der Waals surface area contributed by atoms with Gasteiger partial charge >= 0.3 is 0 Å².